The number of amides is 1. The first kappa shape index (κ1) is 19.1. The predicted octanol–water partition coefficient (Wildman–Crippen LogP) is 3.33. The third kappa shape index (κ3) is 3.72. The topological polar surface area (TPSA) is 88.6 Å². The van der Waals surface area contributed by atoms with Crippen LogP contribution >= 0.6 is 0 Å². The van der Waals surface area contributed by atoms with E-state index in [-0.39, 0.29) is 22.9 Å². The molecule has 29 heavy (non-hydrogen) atoms. The number of carbonyl (C=O) groups excluding carboxylic acids is 1. The third-order valence-electron chi connectivity index (χ3n) is 4.59. The first-order chi connectivity index (χ1) is 14.0. The second-order valence-corrected chi connectivity index (χ2v) is 8.21. The zero-order valence-electron chi connectivity index (χ0n) is 15.7. The van der Waals surface area contributed by atoms with Gasteiger partial charge in [-0.3, -0.25) is 9.69 Å². The first-order valence-electron chi connectivity index (χ1n) is 9.12. The second kappa shape index (κ2) is 7.65. The van der Waals surface area contributed by atoms with Crippen LogP contribution in [-0.4, -0.2) is 25.9 Å². The smallest absolute Gasteiger partial charge is 0.263 e. The molecule has 3 aromatic rings. The summed E-state index contributed by atoms with van der Waals surface area (Å²) in [5.41, 5.74) is 1.01. The highest BCUT2D eigenvalue weighted by atomic mass is 32.2. The number of carbonyl (C=O) groups is 1. The molecule has 0 fully saturated rings. The minimum atomic E-state index is -3.81. The molecule has 0 atom stereocenters. The maximum absolute atomic E-state index is 13.1. The lowest BCUT2D eigenvalue weighted by molar-refractivity contribution is 0.0987. The average Bonchev–Trinajstić information content (AvgIpc) is 2.86. The fraction of sp³-hybridized carbons (Fsp3) is 0.143. The Labute approximate surface area is 169 Å². The third-order valence-corrected chi connectivity index (χ3v) is 5.99. The molecule has 0 spiro atoms. The SMILES string of the molecule is CCN1C(=O)c2cc(S(=O)(=O)NCc3ccccc3)ccc2Oc2cccnc21. The highest BCUT2D eigenvalue weighted by molar-refractivity contribution is 7.89. The Balaban J connectivity index is 1.68. The van der Waals surface area contributed by atoms with Crippen LogP contribution in [0.1, 0.15) is 22.8 Å². The molecule has 8 heteroatoms. The van der Waals surface area contributed by atoms with Crippen molar-refractivity contribution < 1.29 is 17.9 Å². The number of pyridine rings is 1. The molecular formula is C21H19N3O4S. The quantitative estimate of drug-likeness (QED) is 0.698. The largest absolute Gasteiger partial charge is 0.453 e. The maximum atomic E-state index is 13.1. The number of hydrogen-bond acceptors (Lipinski definition) is 5. The van der Waals surface area contributed by atoms with Crippen LogP contribution in [0, 0.1) is 0 Å². The van der Waals surface area contributed by atoms with Gasteiger partial charge in [-0.2, -0.15) is 0 Å². The van der Waals surface area contributed by atoms with Gasteiger partial charge < -0.3 is 4.74 Å². The Bertz CT molecular complexity index is 1160. The van der Waals surface area contributed by atoms with Crippen LogP contribution in [0.4, 0.5) is 5.82 Å². The fourth-order valence-corrected chi connectivity index (χ4v) is 4.15. The van der Waals surface area contributed by atoms with E-state index >= 15 is 0 Å². The number of aromatic nitrogens is 1. The summed E-state index contributed by atoms with van der Waals surface area (Å²) < 4.78 is 34.0. The molecule has 0 saturated heterocycles. The number of nitrogens with zero attached hydrogens (tertiary/aromatic N) is 2. The Morgan fingerprint density at radius 1 is 1.03 bits per heavy atom. The first-order valence-corrected chi connectivity index (χ1v) is 10.6. The van der Waals surface area contributed by atoms with Gasteiger partial charge in [-0.1, -0.05) is 30.3 Å². The van der Waals surface area contributed by atoms with Gasteiger partial charge in [-0.05, 0) is 42.8 Å². The van der Waals surface area contributed by atoms with E-state index in [9.17, 15) is 13.2 Å². The normalized spacial score (nSPS) is 13.3. The van der Waals surface area contributed by atoms with E-state index in [1.54, 1.807) is 18.3 Å². The summed E-state index contributed by atoms with van der Waals surface area (Å²) in [6.07, 6.45) is 1.58. The summed E-state index contributed by atoms with van der Waals surface area (Å²) in [5.74, 6) is 0.782. The van der Waals surface area contributed by atoms with E-state index in [4.69, 9.17) is 4.74 Å². The van der Waals surface area contributed by atoms with Crippen molar-refractivity contribution in [2.24, 2.45) is 0 Å². The minimum Gasteiger partial charge on any atom is -0.453 e. The summed E-state index contributed by atoms with van der Waals surface area (Å²) >= 11 is 0. The van der Waals surface area contributed by atoms with Crippen molar-refractivity contribution in [3.05, 3.63) is 78.0 Å². The Kier molecular flexibility index (Phi) is 5.04. The fourth-order valence-electron chi connectivity index (χ4n) is 3.11. The zero-order chi connectivity index (χ0) is 20.4. The molecule has 0 aliphatic carbocycles. The van der Waals surface area contributed by atoms with E-state index in [1.165, 1.54) is 23.1 Å². The molecular weight excluding hydrogens is 390 g/mol. The minimum absolute atomic E-state index is 0.000834. The molecule has 0 radical (unpaired) electrons. The summed E-state index contributed by atoms with van der Waals surface area (Å²) in [5, 5.41) is 0. The van der Waals surface area contributed by atoms with Crippen LogP contribution in [0.15, 0.2) is 71.8 Å². The van der Waals surface area contributed by atoms with Crippen molar-refractivity contribution in [1.29, 1.82) is 0 Å². The molecule has 2 heterocycles. The molecule has 1 aliphatic heterocycles. The molecule has 148 valence electrons. The Morgan fingerprint density at radius 2 is 1.83 bits per heavy atom. The van der Waals surface area contributed by atoms with Gasteiger partial charge in [0.05, 0.1) is 10.5 Å². The molecule has 1 amide bonds. The standard InChI is InChI=1S/C21H19N3O4S/c1-2-24-20-19(9-6-12-22-20)28-18-11-10-16(13-17(18)21(24)25)29(26,27)23-14-15-7-4-3-5-8-15/h3-13,23H,2,14H2,1H3. The van der Waals surface area contributed by atoms with Gasteiger partial charge >= 0.3 is 0 Å². The number of anilines is 1. The molecule has 0 unspecified atom stereocenters. The monoisotopic (exact) mass is 409 g/mol. The van der Waals surface area contributed by atoms with Crippen LogP contribution in [0.25, 0.3) is 0 Å². The van der Waals surface area contributed by atoms with Crippen LogP contribution in [0.5, 0.6) is 11.5 Å². The zero-order valence-corrected chi connectivity index (χ0v) is 16.5. The maximum Gasteiger partial charge on any atom is 0.263 e. The lowest BCUT2D eigenvalue weighted by atomic mass is 10.2. The molecule has 1 N–H and O–H groups in total. The van der Waals surface area contributed by atoms with Crippen molar-refractivity contribution >= 4 is 21.7 Å². The molecule has 1 aliphatic rings. The summed E-state index contributed by atoms with van der Waals surface area (Å²) in [4.78, 5) is 18.8. The second-order valence-electron chi connectivity index (χ2n) is 6.44. The number of sulfonamides is 1. The van der Waals surface area contributed by atoms with Crippen LogP contribution in [0.2, 0.25) is 0 Å². The summed E-state index contributed by atoms with van der Waals surface area (Å²) in [6, 6.07) is 16.9. The highest BCUT2D eigenvalue weighted by Gasteiger charge is 2.29. The van der Waals surface area contributed by atoms with Crippen molar-refractivity contribution in [2.45, 2.75) is 18.4 Å². The van der Waals surface area contributed by atoms with E-state index < -0.39 is 10.0 Å². The Morgan fingerprint density at radius 3 is 2.59 bits per heavy atom. The lowest BCUT2D eigenvalue weighted by Gasteiger charge is -2.18. The number of fused-ring (bicyclic) bond motifs is 2. The molecule has 0 bridgehead atoms. The number of ether oxygens (including phenoxy) is 1. The van der Waals surface area contributed by atoms with Crippen LogP contribution in [-0.2, 0) is 16.6 Å². The van der Waals surface area contributed by atoms with E-state index in [1.807, 2.05) is 37.3 Å². The molecule has 0 saturated carbocycles. The number of benzene rings is 2. The molecule has 7 nitrogen and oxygen atoms in total. The van der Waals surface area contributed by atoms with Crippen LogP contribution < -0.4 is 14.4 Å². The summed E-state index contributed by atoms with van der Waals surface area (Å²) in [6.45, 7) is 2.35. The number of hydrogen-bond donors (Lipinski definition) is 1. The van der Waals surface area contributed by atoms with Crippen molar-refractivity contribution in [3.8, 4) is 11.5 Å². The van der Waals surface area contributed by atoms with E-state index in [0.29, 0.717) is 23.9 Å². The van der Waals surface area contributed by atoms with Crippen LogP contribution in [0.3, 0.4) is 0 Å². The lowest BCUT2D eigenvalue weighted by Crippen LogP contribution is -2.31. The molecule has 4 rings (SSSR count). The number of nitrogens with one attached hydrogen (secondary N) is 1. The molecule has 2 aromatic carbocycles. The van der Waals surface area contributed by atoms with E-state index in [2.05, 4.69) is 9.71 Å². The molecule has 1 aromatic heterocycles. The predicted molar refractivity (Wildman–Crippen MR) is 109 cm³/mol. The van der Waals surface area contributed by atoms with Gasteiger partial charge in [-0.15, -0.1) is 0 Å². The van der Waals surface area contributed by atoms with Gasteiger partial charge in [0, 0.05) is 19.3 Å². The van der Waals surface area contributed by atoms with Gasteiger partial charge in [0.25, 0.3) is 5.91 Å². The van der Waals surface area contributed by atoms with Gasteiger partial charge in [0.1, 0.15) is 5.75 Å². The number of rotatable bonds is 5. The van der Waals surface area contributed by atoms with Gasteiger partial charge in [0.15, 0.2) is 11.6 Å². The van der Waals surface area contributed by atoms with Crippen molar-refractivity contribution in [1.82, 2.24) is 9.71 Å². The van der Waals surface area contributed by atoms with Gasteiger partial charge in [-0.25, -0.2) is 18.1 Å². The summed E-state index contributed by atoms with van der Waals surface area (Å²) in [7, 11) is -3.81. The average molecular weight is 409 g/mol. The van der Waals surface area contributed by atoms with Crippen molar-refractivity contribution in [2.75, 3.05) is 11.4 Å². The Hall–Kier alpha value is -3.23. The van der Waals surface area contributed by atoms with E-state index in [0.717, 1.165) is 5.56 Å². The highest BCUT2D eigenvalue weighted by Crippen LogP contribution is 2.37. The van der Waals surface area contributed by atoms with Crippen molar-refractivity contribution in [3.63, 3.8) is 0 Å². The van der Waals surface area contributed by atoms with Gasteiger partial charge in [0.2, 0.25) is 10.0 Å².